The van der Waals surface area contributed by atoms with E-state index in [0.29, 0.717) is 6.54 Å². The fourth-order valence-corrected chi connectivity index (χ4v) is 1.50. The van der Waals surface area contributed by atoms with Crippen LogP contribution in [0, 0.1) is 6.92 Å². The van der Waals surface area contributed by atoms with Crippen molar-refractivity contribution in [2.24, 2.45) is 0 Å². The molecule has 15 heavy (non-hydrogen) atoms. The summed E-state index contributed by atoms with van der Waals surface area (Å²) in [5.74, 6) is -0.122. The number of carbonyl (C=O) groups is 1. The van der Waals surface area contributed by atoms with E-state index in [-0.39, 0.29) is 5.91 Å². The summed E-state index contributed by atoms with van der Waals surface area (Å²) in [5.41, 5.74) is 1.75. The summed E-state index contributed by atoms with van der Waals surface area (Å²) in [6.45, 7) is 8.01. The molecule has 0 aliphatic carbocycles. The largest absolute Gasteiger partial charge is 0.349 e. The lowest BCUT2D eigenvalue weighted by atomic mass is 10.3. The van der Waals surface area contributed by atoms with Crippen LogP contribution in [0.3, 0.4) is 0 Å². The molecule has 0 aliphatic heterocycles. The molecule has 0 unspecified atom stereocenters. The Kier molecular flexibility index (Phi) is 4.24. The summed E-state index contributed by atoms with van der Waals surface area (Å²) in [6.07, 6.45) is 3.19. The first-order chi connectivity index (χ1) is 7.08. The average Bonchev–Trinajstić information content (AvgIpc) is 2.58. The highest BCUT2D eigenvalue weighted by Gasteiger charge is 1.96. The molecular formula is C11H14N2OS. The van der Waals surface area contributed by atoms with Gasteiger partial charge in [0.25, 0.3) is 0 Å². The van der Waals surface area contributed by atoms with Gasteiger partial charge >= 0.3 is 0 Å². The highest BCUT2D eigenvalue weighted by atomic mass is 32.1. The molecule has 1 amide bonds. The maximum absolute atomic E-state index is 11.3. The van der Waals surface area contributed by atoms with Crippen LogP contribution in [0.5, 0.6) is 0 Å². The van der Waals surface area contributed by atoms with E-state index in [1.54, 1.807) is 17.4 Å². The van der Waals surface area contributed by atoms with Crippen molar-refractivity contribution in [1.29, 1.82) is 0 Å². The molecule has 1 aromatic heterocycles. The van der Waals surface area contributed by atoms with Gasteiger partial charge in [0.2, 0.25) is 5.91 Å². The van der Waals surface area contributed by atoms with Gasteiger partial charge in [0.1, 0.15) is 0 Å². The van der Waals surface area contributed by atoms with Gasteiger partial charge < -0.3 is 5.32 Å². The number of carbonyl (C=O) groups excluding carboxylic acids is 1. The minimum Gasteiger partial charge on any atom is -0.349 e. The molecule has 0 radical (unpaired) electrons. The highest BCUT2D eigenvalue weighted by Crippen LogP contribution is 2.08. The molecule has 0 saturated carbocycles. The monoisotopic (exact) mass is 222 g/mol. The van der Waals surface area contributed by atoms with Crippen LogP contribution in [0.15, 0.2) is 23.6 Å². The molecule has 0 fully saturated rings. The van der Waals surface area contributed by atoms with Crippen LogP contribution in [-0.2, 0) is 4.79 Å². The van der Waals surface area contributed by atoms with Gasteiger partial charge in [-0.2, -0.15) is 0 Å². The summed E-state index contributed by atoms with van der Waals surface area (Å²) in [7, 11) is 0. The Hall–Kier alpha value is -1.42. The second-order valence-corrected chi connectivity index (χ2v) is 4.36. The number of nitrogens with zero attached hydrogens (tertiary/aromatic N) is 1. The van der Waals surface area contributed by atoms with Crippen LogP contribution >= 0.6 is 11.3 Å². The molecule has 0 atom stereocenters. The molecular weight excluding hydrogens is 208 g/mol. The molecule has 1 N–H and O–H groups in total. The van der Waals surface area contributed by atoms with Crippen molar-refractivity contribution in [3.8, 4) is 0 Å². The van der Waals surface area contributed by atoms with E-state index in [4.69, 9.17) is 0 Å². The van der Waals surface area contributed by atoms with Crippen molar-refractivity contribution in [2.45, 2.75) is 13.8 Å². The van der Waals surface area contributed by atoms with E-state index in [1.165, 1.54) is 6.08 Å². The lowest BCUT2D eigenvalue weighted by Gasteiger charge is -1.99. The van der Waals surface area contributed by atoms with Crippen molar-refractivity contribution in [3.05, 3.63) is 34.3 Å². The average molecular weight is 222 g/mol. The third-order valence-electron chi connectivity index (χ3n) is 1.61. The molecule has 3 nitrogen and oxygen atoms in total. The van der Waals surface area contributed by atoms with Crippen LogP contribution in [0.2, 0.25) is 0 Å². The van der Waals surface area contributed by atoms with E-state index < -0.39 is 0 Å². The second-order valence-electron chi connectivity index (χ2n) is 3.30. The summed E-state index contributed by atoms with van der Waals surface area (Å²) < 4.78 is 0. The summed E-state index contributed by atoms with van der Waals surface area (Å²) in [4.78, 5) is 15.5. The van der Waals surface area contributed by atoms with E-state index in [0.717, 1.165) is 16.3 Å². The van der Waals surface area contributed by atoms with Gasteiger partial charge in [-0.25, -0.2) is 4.98 Å². The number of hydrogen-bond acceptors (Lipinski definition) is 3. The molecule has 1 rings (SSSR count). The summed E-state index contributed by atoms with van der Waals surface area (Å²) in [5, 5.41) is 5.62. The summed E-state index contributed by atoms with van der Waals surface area (Å²) >= 11 is 1.57. The number of aromatic nitrogens is 1. The van der Waals surface area contributed by atoms with Crippen molar-refractivity contribution < 1.29 is 4.79 Å². The SMILES string of the molecule is C=C(C)CNC(=O)/C=C/c1csc(C)n1. The van der Waals surface area contributed by atoms with Crippen molar-refractivity contribution in [2.75, 3.05) is 6.54 Å². The van der Waals surface area contributed by atoms with Crippen molar-refractivity contribution >= 4 is 23.3 Å². The zero-order chi connectivity index (χ0) is 11.3. The van der Waals surface area contributed by atoms with Crippen LogP contribution in [0.4, 0.5) is 0 Å². The van der Waals surface area contributed by atoms with E-state index >= 15 is 0 Å². The number of nitrogens with one attached hydrogen (secondary N) is 1. The van der Waals surface area contributed by atoms with Crippen LogP contribution in [0.25, 0.3) is 6.08 Å². The normalized spacial score (nSPS) is 10.5. The van der Waals surface area contributed by atoms with Gasteiger partial charge in [-0.15, -0.1) is 11.3 Å². The number of thiazole rings is 1. The maximum atomic E-state index is 11.3. The zero-order valence-electron chi connectivity index (χ0n) is 8.91. The van der Waals surface area contributed by atoms with Crippen molar-refractivity contribution in [3.63, 3.8) is 0 Å². The Labute approximate surface area is 93.5 Å². The number of aryl methyl sites for hydroxylation is 1. The molecule has 0 aliphatic rings. The summed E-state index contributed by atoms with van der Waals surface area (Å²) in [6, 6.07) is 0. The van der Waals surface area contributed by atoms with Gasteiger partial charge in [-0.3, -0.25) is 4.79 Å². The van der Waals surface area contributed by atoms with Crippen LogP contribution in [-0.4, -0.2) is 17.4 Å². The molecule has 80 valence electrons. The van der Waals surface area contributed by atoms with Gasteiger partial charge in [0.15, 0.2) is 0 Å². The Balaban J connectivity index is 2.44. The zero-order valence-corrected chi connectivity index (χ0v) is 9.73. The molecule has 0 saturated heterocycles. The Morgan fingerprint density at radius 1 is 1.73 bits per heavy atom. The van der Waals surface area contributed by atoms with E-state index in [2.05, 4.69) is 16.9 Å². The second kappa shape index (κ2) is 5.46. The van der Waals surface area contributed by atoms with Crippen LogP contribution < -0.4 is 5.32 Å². The quantitative estimate of drug-likeness (QED) is 0.626. The highest BCUT2D eigenvalue weighted by molar-refractivity contribution is 7.09. The topological polar surface area (TPSA) is 42.0 Å². The van der Waals surface area contributed by atoms with Gasteiger partial charge in [-0.1, -0.05) is 12.2 Å². The maximum Gasteiger partial charge on any atom is 0.244 e. The first-order valence-corrected chi connectivity index (χ1v) is 5.48. The number of hydrogen-bond donors (Lipinski definition) is 1. The van der Waals surface area contributed by atoms with E-state index in [9.17, 15) is 4.79 Å². The van der Waals surface area contributed by atoms with Crippen LogP contribution in [0.1, 0.15) is 17.6 Å². The molecule has 1 heterocycles. The van der Waals surface area contributed by atoms with Gasteiger partial charge in [0, 0.05) is 18.0 Å². The molecule has 0 bridgehead atoms. The van der Waals surface area contributed by atoms with Crippen molar-refractivity contribution in [1.82, 2.24) is 10.3 Å². The smallest absolute Gasteiger partial charge is 0.244 e. The molecule has 0 aromatic carbocycles. The fourth-order valence-electron chi connectivity index (χ4n) is 0.915. The number of rotatable bonds is 4. The Morgan fingerprint density at radius 2 is 2.47 bits per heavy atom. The third-order valence-corrected chi connectivity index (χ3v) is 2.40. The lowest BCUT2D eigenvalue weighted by molar-refractivity contribution is -0.116. The van der Waals surface area contributed by atoms with E-state index in [1.807, 2.05) is 19.2 Å². The Morgan fingerprint density at radius 3 is 3.00 bits per heavy atom. The van der Waals surface area contributed by atoms with Gasteiger partial charge in [-0.05, 0) is 19.9 Å². The predicted molar refractivity (Wildman–Crippen MR) is 63.7 cm³/mol. The molecule has 0 spiro atoms. The predicted octanol–water partition coefficient (Wildman–Crippen LogP) is 2.16. The fraction of sp³-hybridized carbons (Fsp3) is 0.273. The minimum atomic E-state index is -0.122. The van der Waals surface area contributed by atoms with Gasteiger partial charge in [0.05, 0.1) is 10.7 Å². The first kappa shape index (κ1) is 11.7. The standard InChI is InChI=1S/C11H14N2OS/c1-8(2)6-12-11(14)5-4-10-7-15-9(3)13-10/h4-5,7H,1,6H2,2-3H3,(H,12,14)/b5-4+. The Bertz CT molecular complexity index is 393. The lowest BCUT2D eigenvalue weighted by Crippen LogP contribution is -2.22. The molecule has 1 aromatic rings. The number of amides is 1. The minimum absolute atomic E-state index is 0.122. The molecule has 4 heteroatoms. The third kappa shape index (κ3) is 4.56. The first-order valence-electron chi connectivity index (χ1n) is 4.60.